The molecule has 0 aromatic heterocycles. The van der Waals surface area contributed by atoms with Crippen molar-refractivity contribution in [3.05, 3.63) is 56.8 Å². The van der Waals surface area contributed by atoms with E-state index in [1.165, 1.54) is 0 Å². The van der Waals surface area contributed by atoms with Crippen LogP contribution in [-0.2, 0) is 21.2 Å². The summed E-state index contributed by atoms with van der Waals surface area (Å²) >= 11 is 2.23. The number of allylic oxidation sites excluding steroid dienone is 4. The predicted molar refractivity (Wildman–Crippen MR) is 121 cm³/mol. The number of rotatable bonds is 11. The van der Waals surface area contributed by atoms with E-state index in [0.717, 1.165) is 58.9 Å². The largest absolute Gasteiger partial charge is 0.481 e. The Bertz CT molecular complexity index is 813. The van der Waals surface area contributed by atoms with E-state index >= 15 is 0 Å². The van der Waals surface area contributed by atoms with Gasteiger partial charge in [0.1, 0.15) is 0 Å². The first-order chi connectivity index (χ1) is 13.4. The van der Waals surface area contributed by atoms with Gasteiger partial charge in [-0.15, -0.1) is 0 Å². The molecule has 0 bridgehead atoms. The molecule has 0 aliphatic heterocycles. The molecular formula is C21H28INO4S. The van der Waals surface area contributed by atoms with Gasteiger partial charge in [-0.25, -0.2) is 8.42 Å². The van der Waals surface area contributed by atoms with Crippen LogP contribution in [0.5, 0.6) is 0 Å². The fourth-order valence-electron chi connectivity index (χ4n) is 3.17. The van der Waals surface area contributed by atoms with E-state index < -0.39 is 16.0 Å². The van der Waals surface area contributed by atoms with Crippen LogP contribution in [0, 0.1) is 3.57 Å². The summed E-state index contributed by atoms with van der Waals surface area (Å²) in [6, 6.07) is 7.91. The highest BCUT2D eigenvalue weighted by Crippen LogP contribution is 2.26. The third-order valence-electron chi connectivity index (χ3n) is 4.73. The molecule has 0 heterocycles. The quantitative estimate of drug-likeness (QED) is 0.251. The number of aryl methyl sites for hydroxylation is 1. The maximum absolute atomic E-state index is 12.5. The molecule has 1 aliphatic carbocycles. The molecule has 0 atom stereocenters. The molecule has 2 rings (SSSR count). The standard InChI is InChI=1S/C21H28INO4S/c22-19-13-11-17(12-14-19)15-16-28(26,27)23-20-9-6-5-8-18(20)7-3-1-2-4-10-21(24)25/h1,3,11-14,23H,2,4-10,15-16H2,(H,24,25). The number of hydrogen-bond acceptors (Lipinski definition) is 3. The lowest BCUT2D eigenvalue weighted by atomic mass is 9.94. The molecule has 1 aromatic rings. The van der Waals surface area contributed by atoms with Crippen molar-refractivity contribution in [3.63, 3.8) is 0 Å². The van der Waals surface area contributed by atoms with Gasteiger partial charge in [0.15, 0.2) is 0 Å². The smallest absolute Gasteiger partial charge is 0.303 e. The van der Waals surface area contributed by atoms with Crippen LogP contribution in [0.25, 0.3) is 0 Å². The van der Waals surface area contributed by atoms with Crippen LogP contribution >= 0.6 is 22.6 Å². The lowest BCUT2D eigenvalue weighted by Gasteiger charge is -2.21. The van der Waals surface area contributed by atoms with Crippen LogP contribution in [0.4, 0.5) is 0 Å². The number of carboxylic acids is 1. The van der Waals surface area contributed by atoms with Gasteiger partial charge in [0, 0.05) is 15.7 Å². The monoisotopic (exact) mass is 517 g/mol. The number of halogens is 1. The van der Waals surface area contributed by atoms with Crippen LogP contribution in [-0.4, -0.2) is 25.2 Å². The Kier molecular flexibility index (Phi) is 9.50. The summed E-state index contributed by atoms with van der Waals surface area (Å²) in [5.74, 6) is -0.694. The first kappa shape index (κ1) is 22.9. The number of unbranched alkanes of at least 4 members (excludes halogenated alkanes) is 1. The molecule has 0 spiro atoms. The molecule has 0 unspecified atom stereocenters. The second kappa shape index (κ2) is 11.6. The van der Waals surface area contributed by atoms with E-state index in [9.17, 15) is 13.2 Å². The van der Waals surface area contributed by atoms with Gasteiger partial charge in [-0.3, -0.25) is 9.52 Å². The lowest BCUT2D eigenvalue weighted by molar-refractivity contribution is -0.137. The molecule has 28 heavy (non-hydrogen) atoms. The van der Waals surface area contributed by atoms with Crippen LogP contribution in [0.15, 0.2) is 47.7 Å². The van der Waals surface area contributed by atoms with Crippen molar-refractivity contribution in [1.29, 1.82) is 0 Å². The topological polar surface area (TPSA) is 83.5 Å². The van der Waals surface area contributed by atoms with E-state index in [0.29, 0.717) is 12.8 Å². The number of carbonyl (C=O) groups is 1. The molecule has 1 aromatic carbocycles. The van der Waals surface area contributed by atoms with Gasteiger partial charge < -0.3 is 5.11 Å². The first-order valence-corrected chi connectivity index (χ1v) is 12.4. The highest BCUT2D eigenvalue weighted by molar-refractivity contribution is 14.1. The predicted octanol–water partition coefficient (Wildman–Crippen LogP) is 4.78. The molecule has 0 saturated carbocycles. The van der Waals surface area contributed by atoms with Crippen LogP contribution < -0.4 is 4.72 Å². The minimum Gasteiger partial charge on any atom is -0.481 e. The molecule has 0 radical (unpaired) electrons. The first-order valence-electron chi connectivity index (χ1n) is 9.68. The molecule has 0 fully saturated rings. The number of sulfonamides is 1. The fraction of sp³-hybridized carbons (Fsp3) is 0.476. The van der Waals surface area contributed by atoms with Crippen molar-refractivity contribution in [2.45, 2.75) is 57.8 Å². The average molecular weight is 517 g/mol. The number of benzene rings is 1. The Hall–Kier alpha value is -1.35. The summed E-state index contributed by atoms with van der Waals surface area (Å²) in [5.41, 5.74) is 3.02. The SMILES string of the molecule is O=C(O)CCCC=CCC1=C(NS(=O)(=O)CCc2ccc(I)cc2)CCCC1. The second-order valence-corrected chi connectivity index (χ2v) is 10.1. The molecular weight excluding hydrogens is 489 g/mol. The second-order valence-electron chi connectivity index (χ2n) is 7.05. The highest BCUT2D eigenvalue weighted by atomic mass is 127. The molecule has 0 saturated heterocycles. The Labute approximate surface area is 181 Å². The van der Waals surface area contributed by atoms with E-state index in [4.69, 9.17) is 5.11 Å². The van der Waals surface area contributed by atoms with E-state index in [2.05, 4.69) is 27.3 Å². The Morgan fingerprint density at radius 2 is 1.86 bits per heavy atom. The normalized spacial score (nSPS) is 15.2. The van der Waals surface area contributed by atoms with Gasteiger partial charge >= 0.3 is 5.97 Å². The van der Waals surface area contributed by atoms with Crippen LogP contribution in [0.2, 0.25) is 0 Å². The summed E-state index contributed by atoms with van der Waals surface area (Å²) in [5, 5.41) is 8.65. The Balaban J connectivity index is 1.90. The minimum atomic E-state index is -3.37. The van der Waals surface area contributed by atoms with Crippen molar-refractivity contribution < 1.29 is 18.3 Å². The van der Waals surface area contributed by atoms with Gasteiger partial charge in [-0.05, 0) is 97.2 Å². The maximum Gasteiger partial charge on any atom is 0.303 e. The molecule has 154 valence electrons. The van der Waals surface area contributed by atoms with Gasteiger partial charge in [0.25, 0.3) is 0 Å². The van der Waals surface area contributed by atoms with Gasteiger partial charge in [0.2, 0.25) is 10.0 Å². The summed E-state index contributed by atoms with van der Waals surface area (Å²) in [6.07, 6.45) is 10.5. The summed E-state index contributed by atoms with van der Waals surface area (Å²) in [7, 11) is -3.37. The third-order valence-corrected chi connectivity index (χ3v) is 6.74. The van der Waals surface area contributed by atoms with Crippen molar-refractivity contribution >= 4 is 38.6 Å². The van der Waals surface area contributed by atoms with Crippen LogP contribution in [0.1, 0.15) is 56.9 Å². The molecule has 5 nitrogen and oxygen atoms in total. The van der Waals surface area contributed by atoms with Crippen molar-refractivity contribution in [3.8, 4) is 0 Å². The van der Waals surface area contributed by atoms with Crippen molar-refractivity contribution in [2.75, 3.05) is 5.75 Å². The third kappa shape index (κ3) is 8.77. The van der Waals surface area contributed by atoms with Crippen LogP contribution in [0.3, 0.4) is 0 Å². The fourth-order valence-corrected chi connectivity index (χ4v) is 4.76. The van der Waals surface area contributed by atoms with E-state index in [1.54, 1.807) is 0 Å². The van der Waals surface area contributed by atoms with Gasteiger partial charge in [0.05, 0.1) is 5.75 Å². The van der Waals surface area contributed by atoms with Crippen molar-refractivity contribution in [1.82, 2.24) is 4.72 Å². The average Bonchev–Trinajstić information content (AvgIpc) is 2.65. The summed E-state index contributed by atoms with van der Waals surface area (Å²) < 4.78 is 29.1. The number of hydrogen-bond donors (Lipinski definition) is 2. The molecule has 1 aliphatic rings. The summed E-state index contributed by atoms with van der Waals surface area (Å²) in [4.78, 5) is 10.5. The zero-order chi connectivity index (χ0) is 20.4. The summed E-state index contributed by atoms with van der Waals surface area (Å²) in [6.45, 7) is 0. The number of carboxylic acid groups (broad SMARTS) is 1. The van der Waals surface area contributed by atoms with Gasteiger partial charge in [-0.2, -0.15) is 0 Å². The zero-order valence-electron chi connectivity index (χ0n) is 16.0. The maximum atomic E-state index is 12.5. The van der Waals surface area contributed by atoms with E-state index in [1.807, 2.05) is 36.4 Å². The molecule has 7 heteroatoms. The number of aliphatic carboxylic acids is 1. The molecule has 0 amide bonds. The lowest BCUT2D eigenvalue weighted by Crippen LogP contribution is -2.28. The van der Waals surface area contributed by atoms with Crippen molar-refractivity contribution in [2.24, 2.45) is 0 Å². The Morgan fingerprint density at radius 3 is 2.57 bits per heavy atom. The Morgan fingerprint density at radius 1 is 1.14 bits per heavy atom. The molecule has 2 N–H and O–H groups in total. The number of nitrogens with one attached hydrogen (secondary N) is 1. The zero-order valence-corrected chi connectivity index (χ0v) is 19.0. The van der Waals surface area contributed by atoms with E-state index in [-0.39, 0.29) is 12.2 Å². The highest BCUT2D eigenvalue weighted by Gasteiger charge is 2.18. The van der Waals surface area contributed by atoms with Gasteiger partial charge in [-0.1, -0.05) is 24.3 Å². The minimum absolute atomic E-state index is 0.0788.